The first-order valence-electron chi connectivity index (χ1n) is 9.27. The zero-order chi connectivity index (χ0) is 20.1. The first-order chi connectivity index (χ1) is 13.4. The summed E-state index contributed by atoms with van der Waals surface area (Å²) in [5.41, 5.74) is 9.11. The molecular formula is C20H25N3O3S2. The number of hydroxylamine groups is 1. The number of rotatable bonds is 6. The molecule has 150 valence electrons. The SMILES string of the molecule is C[C@H](N)C(=O)Nc1cccc(-c2ccc([C@@]3(CC(=O)NO)CCCCS3)s2)c1. The van der Waals surface area contributed by atoms with E-state index >= 15 is 0 Å². The van der Waals surface area contributed by atoms with E-state index in [-0.39, 0.29) is 23.0 Å². The molecule has 6 nitrogen and oxygen atoms in total. The van der Waals surface area contributed by atoms with Crippen molar-refractivity contribution in [1.82, 2.24) is 5.48 Å². The maximum atomic E-state index is 11.9. The van der Waals surface area contributed by atoms with Gasteiger partial charge in [-0.25, -0.2) is 5.48 Å². The lowest BCUT2D eigenvalue weighted by molar-refractivity contribution is -0.129. The summed E-state index contributed by atoms with van der Waals surface area (Å²) in [5, 5.41) is 11.8. The van der Waals surface area contributed by atoms with Gasteiger partial charge in [0.15, 0.2) is 0 Å². The highest BCUT2D eigenvalue weighted by atomic mass is 32.2. The third-order valence-corrected chi connectivity index (χ3v) is 7.89. The van der Waals surface area contributed by atoms with Gasteiger partial charge < -0.3 is 11.1 Å². The Kier molecular flexibility index (Phi) is 6.77. The van der Waals surface area contributed by atoms with Gasteiger partial charge in [0.2, 0.25) is 11.8 Å². The molecule has 1 aliphatic heterocycles. The number of carbonyl (C=O) groups is 2. The van der Waals surface area contributed by atoms with E-state index in [1.807, 2.05) is 24.3 Å². The summed E-state index contributed by atoms with van der Waals surface area (Å²) in [6.45, 7) is 1.65. The van der Waals surface area contributed by atoms with E-state index in [2.05, 4.69) is 17.4 Å². The van der Waals surface area contributed by atoms with Crippen LogP contribution in [0.3, 0.4) is 0 Å². The van der Waals surface area contributed by atoms with Crippen molar-refractivity contribution in [3.63, 3.8) is 0 Å². The van der Waals surface area contributed by atoms with Crippen LogP contribution in [0.4, 0.5) is 5.69 Å². The quantitative estimate of drug-likeness (QED) is 0.422. The zero-order valence-corrected chi connectivity index (χ0v) is 17.4. The molecule has 1 saturated heterocycles. The van der Waals surface area contributed by atoms with Crippen LogP contribution in [0.5, 0.6) is 0 Å². The third kappa shape index (κ3) is 4.75. The molecule has 2 atom stereocenters. The van der Waals surface area contributed by atoms with Crippen molar-refractivity contribution < 1.29 is 14.8 Å². The van der Waals surface area contributed by atoms with Gasteiger partial charge in [-0.15, -0.1) is 23.1 Å². The molecule has 0 saturated carbocycles. The van der Waals surface area contributed by atoms with E-state index in [1.54, 1.807) is 35.5 Å². The van der Waals surface area contributed by atoms with Gasteiger partial charge in [-0.1, -0.05) is 18.6 Å². The first-order valence-corrected chi connectivity index (χ1v) is 11.1. The van der Waals surface area contributed by atoms with E-state index in [1.165, 1.54) is 0 Å². The Bertz CT molecular complexity index is 845. The molecule has 2 heterocycles. The Hall–Kier alpha value is -1.87. The van der Waals surface area contributed by atoms with Gasteiger partial charge >= 0.3 is 0 Å². The van der Waals surface area contributed by atoms with Crippen molar-refractivity contribution in [2.75, 3.05) is 11.1 Å². The van der Waals surface area contributed by atoms with Crippen molar-refractivity contribution in [2.45, 2.75) is 43.4 Å². The fourth-order valence-corrected chi connectivity index (χ4v) is 6.20. The summed E-state index contributed by atoms with van der Waals surface area (Å²) >= 11 is 3.46. The number of carbonyl (C=O) groups excluding carboxylic acids is 2. The molecule has 2 amide bonds. The molecule has 0 spiro atoms. The van der Waals surface area contributed by atoms with Crippen molar-refractivity contribution in [3.8, 4) is 10.4 Å². The highest BCUT2D eigenvalue weighted by Crippen LogP contribution is 2.50. The number of anilines is 1. The molecule has 1 fully saturated rings. The van der Waals surface area contributed by atoms with E-state index in [0.29, 0.717) is 5.69 Å². The second-order valence-electron chi connectivity index (χ2n) is 7.03. The monoisotopic (exact) mass is 419 g/mol. The molecule has 3 rings (SSSR count). The fraction of sp³-hybridized carbons (Fsp3) is 0.400. The minimum Gasteiger partial charge on any atom is -0.325 e. The summed E-state index contributed by atoms with van der Waals surface area (Å²) in [5.74, 6) is 0.423. The van der Waals surface area contributed by atoms with E-state index in [9.17, 15) is 9.59 Å². The van der Waals surface area contributed by atoms with Gasteiger partial charge in [-0.05, 0) is 55.3 Å². The summed E-state index contributed by atoms with van der Waals surface area (Å²) in [4.78, 5) is 26.0. The lowest BCUT2D eigenvalue weighted by Crippen LogP contribution is -2.32. The lowest BCUT2D eigenvalue weighted by Gasteiger charge is -2.35. The van der Waals surface area contributed by atoms with Gasteiger partial charge in [0.25, 0.3) is 0 Å². The summed E-state index contributed by atoms with van der Waals surface area (Å²) in [7, 11) is 0. The average molecular weight is 420 g/mol. The Balaban J connectivity index is 1.86. The first kappa shape index (κ1) is 20.9. The van der Waals surface area contributed by atoms with E-state index in [0.717, 1.165) is 40.3 Å². The van der Waals surface area contributed by atoms with Gasteiger partial charge in [0.05, 0.1) is 10.8 Å². The number of benzene rings is 1. The van der Waals surface area contributed by atoms with Crippen molar-refractivity contribution in [3.05, 3.63) is 41.3 Å². The fourth-order valence-electron chi connectivity index (χ4n) is 3.32. The number of amides is 2. The normalized spacial score (nSPS) is 20.4. The average Bonchev–Trinajstić information content (AvgIpc) is 3.20. The molecule has 8 heteroatoms. The molecule has 28 heavy (non-hydrogen) atoms. The number of nitrogens with one attached hydrogen (secondary N) is 2. The number of thioether (sulfide) groups is 1. The minimum absolute atomic E-state index is 0.225. The second-order valence-corrected chi connectivity index (χ2v) is 9.60. The van der Waals surface area contributed by atoms with Gasteiger partial charge in [0, 0.05) is 21.9 Å². The molecule has 2 aromatic rings. The number of hydrogen-bond donors (Lipinski definition) is 4. The standard InChI is InChI=1S/C20H25N3O3S2/c1-13(21)19(25)22-15-6-4-5-14(11-15)16-7-8-17(28-16)20(12-18(24)23-26)9-2-3-10-27-20/h4-8,11,13,26H,2-3,9-10,12,21H2,1H3,(H,22,25)(H,23,24)/t13-,20-/m0/s1. The van der Waals surface area contributed by atoms with Crippen LogP contribution in [-0.4, -0.2) is 28.8 Å². The van der Waals surface area contributed by atoms with Crippen LogP contribution >= 0.6 is 23.1 Å². The van der Waals surface area contributed by atoms with Gasteiger partial charge in [-0.2, -0.15) is 0 Å². The lowest BCUT2D eigenvalue weighted by atomic mass is 9.94. The predicted molar refractivity (Wildman–Crippen MR) is 115 cm³/mol. The largest absolute Gasteiger partial charge is 0.325 e. The number of thiophene rings is 1. The number of nitrogens with two attached hydrogens (primary N) is 1. The molecule has 1 aliphatic rings. The Morgan fingerprint density at radius 1 is 1.29 bits per heavy atom. The summed E-state index contributed by atoms with van der Waals surface area (Å²) in [6.07, 6.45) is 3.39. The van der Waals surface area contributed by atoms with Crippen molar-refractivity contribution in [2.24, 2.45) is 5.73 Å². The molecule has 0 aliphatic carbocycles. The topological polar surface area (TPSA) is 104 Å². The van der Waals surface area contributed by atoms with Crippen LogP contribution in [0.25, 0.3) is 10.4 Å². The van der Waals surface area contributed by atoms with Crippen LogP contribution in [0, 0.1) is 0 Å². The maximum absolute atomic E-state index is 11.9. The Morgan fingerprint density at radius 3 is 2.79 bits per heavy atom. The Morgan fingerprint density at radius 2 is 2.11 bits per heavy atom. The third-order valence-electron chi connectivity index (χ3n) is 4.81. The molecular weight excluding hydrogens is 394 g/mol. The molecule has 0 unspecified atom stereocenters. The summed E-state index contributed by atoms with van der Waals surface area (Å²) < 4.78 is -0.297. The van der Waals surface area contributed by atoms with Gasteiger partial charge in [0.1, 0.15) is 0 Å². The van der Waals surface area contributed by atoms with Crippen LogP contribution < -0.4 is 16.5 Å². The zero-order valence-electron chi connectivity index (χ0n) is 15.7. The predicted octanol–water partition coefficient (Wildman–Crippen LogP) is 3.71. The molecule has 1 aromatic carbocycles. The second kappa shape index (κ2) is 9.09. The minimum atomic E-state index is -0.571. The van der Waals surface area contributed by atoms with Crippen molar-refractivity contribution >= 4 is 40.6 Å². The van der Waals surface area contributed by atoms with Crippen LogP contribution in [0.2, 0.25) is 0 Å². The molecule has 0 bridgehead atoms. The molecule has 0 radical (unpaired) electrons. The molecule has 1 aromatic heterocycles. The van der Waals surface area contributed by atoms with E-state index in [4.69, 9.17) is 10.9 Å². The molecule has 5 N–H and O–H groups in total. The van der Waals surface area contributed by atoms with Crippen LogP contribution in [0.15, 0.2) is 36.4 Å². The Labute approximate surface area is 172 Å². The van der Waals surface area contributed by atoms with Crippen LogP contribution in [0.1, 0.15) is 37.5 Å². The highest BCUT2D eigenvalue weighted by Gasteiger charge is 2.38. The smallest absolute Gasteiger partial charge is 0.245 e. The van der Waals surface area contributed by atoms with Crippen molar-refractivity contribution in [1.29, 1.82) is 0 Å². The van der Waals surface area contributed by atoms with Crippen LogP contribution in [-0.2, 0) is 14.3 Å². The van der Waals surface area contributed by atoms with Gasteiger partial charge in [-0.3, -0.25) is 14.8 Å². The highest BCUT2D eigenvalue weighted by molar-refractivity contribution is 8.00. The summed E-state index contributed by atoms with van der Waals surface area (Å²) in [6, 6.07) is 11.2. The number of hydrogen-bond acceptors (Lipinski definition) is 6. The maximum Gasteiger partial charge on any atom is 0.245 e. The van der Waals surface area contributed by atoms with E-state index < -0.39 is 6.04 Å².